The molecule has 2 aromatic carbocycles. The van der Waals surface area contributed by atoms with E-state index in [2.05, 4.69) is 20.5 Å². The third-order valence-corrected chi connectivity index (χ3v) is 4.91. The second kappa shape index (κ2) is 9.45. The van der Waals surface area contributed by atoms with Crippen LogP contribution in [-0.4, -0.2) is 31.6 Å². The number of aromatic nitrogens is 3. The maximum absolute atomic E-state index is 12.3. The Morgan fingerprint density at radius 2 is 2.03 bits per heavy atom. The third kappa shape index (κ3) is 5.13. The predicted octanol–water partition coefficient (Wildman–Crippen LogP) is 4.24. The molecule has 11 heteroatoms. The van der Waals surface area contributed by atoms with Crippen LogP contribution in [0.3, 0.4) is 0 Å². The van der Waals surface area contributed by atoms with E-state index in [1.54, 1.807) is 31.2 Å². The van der Waals surface area contributed by atoms with Crippen molar-refractivity contribution in [1.29, 1.82) is 0 Å². The summed E-state index contributed by atoms with van der Waals surface area (Å²) in [5, 5.41) is 16.5. The highest BCUT2D eigenvalue weighted by Crippen LogP contribution is 2.27. The molecule has 0 spiro atoms. The lowest BCUT2D eigenvalue weighted by molar-refractivity contribution is -0.392. The van der Waals surface area contributed by atoms with E-state index in [-0.39, 0.29) is 18.2 Å². The van der Waals surface area contributed by atoms with Gasteiger partial charge in [-0.25, -0.2) is 20.0 Å². The van der Waals surface area contributed by atoms with Crippen molar-refractivity contribution in [1.82, 2.24) is 20.0 Å². The molecule has 2 aromatic heterocycles. The Balaban J connectivity index is 1.55. The number of fused-ring (bicyclic) bond motifs is 1. The summed E-state index contributed by atoms with van der Waals surface area (Å²) in [5.74, 6) is 0.338. The Morgan fingerprint density at radius 3 is 2.79 bits per heavy atom. The predicted molar refractivity (Wildman–Crippen MR) is 123 cm³/mol. The van der Waals surface area contributed by atoms with Gasteiger partial charge in [0.15, 0.2) is 12.4 Å². The summed E-state index contributed by atoms with van der Waals surface area (Å²) in [6.45, 7) is 1.27. The van der Waals surface area contributed by atoms with Crippen LogP contribution in [0.15, 0.2) is 65.9 Å². The monoisotopic (exact) mass is 464 g/mol. The lowest BCUT2D eigenvalue weighted by Crippen LogP contribution is -2.24. The van der Waals surface area contributed by atoms with Crippen LogP contribution in [0.4, 0.5) is 5.82 Å². The molecule has 2 heterocycles. The van der Waals surface area contributed by atoms with Crippen molar-refractivity contribution in [3.63, 3.8) is 0 Å². The number of hydrazone groups is 1. The molecule has 0 bridgehead atoms. The van der Waals surface area contributed by atoms with Gasteiger partial charge in [-0.3, -0.25) is 4.79 Å². The van der Waals surface area contributed by atoms with Crippen LogP contribution in [0.2, 0.25) is 5.02 Å². The molecule has 1 amide bonds. The minimum absolute atomic E-state index is 0.274. The fourth-order valence-corrected chi connectivity index (χ4v) is 3.18. The number of halogens is 1. The first-order valence-corrected chi connectivity index (χ1v) is 10.1. The molecular weight excluding hydrogens is 448 g/mol. The standard InChI is InChI=1S/C22H17ClN6O4/c1-14-24-12-21(29(31)32)28(14)13-20(30)27-25-11-16-10-15-4-2-3-5-19(15)26-22(16)33-18-8-6-17(23)7-9-18/h2-12H,13H2,1H3,(H,27,30)/b25-11+. The number of nitrogens with zero attached hydrogens (tertiary/aromatic N) is 5. The van der Waals surface area contributed by atoms with E-state index in [4.69, 9.17) is 16.3 Å². The van der Waals surface area contributed by atoms with Crippen LogP contribution in [-0.2, 0) is 11.3 Å². The van der Waals surface area contributed by atoms with E-state index >= 15 is 0 Å². The number of para-hydroxylation sites is 1. The molecular formula is C22H17ClN6O4. The fourth-order valence-electron chi connectivity index (χ4n) is 3.05. The molecule has 0 unspecified atom stereocenters. The van der Waals surface area contributed by atoms with E-state index < -0.39 is 10.8 Å². The maximum Gasteiger partial charge on any atom is 0.343 e. The Hall–Kier alpha value is -4.31. The van der Waals surface area contributed by atoms with Gasteiger partial charge in [0.25, 0.3) is 5.91 Å². The zero-order valence-corrected chi connectivity index (χ0v) is 18.1. The van der Waals surface area contributed by atoms with E-state index in [0.717, 1.165) is 17.1 Å². The Kier molecular flexibility index (Phi) is 6.27. The molecule has 0 aliphatic carbocycles. The number of ether oxygens (including phenoxy) is 1. The van der Waals surface area contributed by atoms with E-state index in [1.807, 2.05) is 30.3 Å². The van der Waals surface area contributed by atoms with Gasteiger partial charge in [-0.15, -0.1) is 0 Å². The zero-order chi connectivity index (χ0) is 23.4. The Bertz CT molecular complexity index is 1370. The lowest BCUT2D eigenvalue weighted by Gasteiger charge is -2.09. The Morgan fingerprint density at radius 1 is 1.27 bits per heavy atom. The highest BCUT2D eigenvalue weighted by Gasteiger charge is 2.20. The van der Waals surface area contributed by atoms with Gasteiger partial charge < -0.3 is 14.9 Å². The summed E-state index contributed by atoms with van der Waals surface area (Å²) < 4.78 is 7.10. The van der Waals surface area contributed by atoms with Crippen LogP contribution in [0.5, 0.6) is 11.6 Å². The third-order valence-electron chi connectivity index (χ3n) is 4.66. The maximum atomic E-state index is 12.3. The molecule has 4 rings (SSSR count). The first-order valence-electron chi connectivity index (χ1n) is 9.72. The molecule has 0 radical (unpaired) electrons. The fraction of sp³-hybridized carbons (Fsp3) is 0.0909. The first kappa shape index (κ1) is 21.9. The van der Waals surface area contributed by atoms with Crippen LogP contribution < -0.4 is 10.2 Å². The molecule has 0 saturated carbocycles. The summed E-state index contributed by atoms with van der Waals surface area (Å²) >= 11 is 5.93. The molecule has 4 aromatic rings. The molecule has 0 aliphatic heterocycles. The number of nitrogens with one attached hydrogen (secondary N) is 1. The van der Waals surface area contributed by atoms with Crippen molar-refractivity contribution < 1.29 is 14.5 Å². The molecule has 10 nitrogen and oxygen atoms in total. The molecule has 1 N–H and O–H groups in total. The Labute approximate surface area is 192 Å². The summed E-state index contributed by atoms with van der Waals surface area (Å²) in [4.78, 5) is 31.2. The number of benzene rings is 2. The normalized spacial score (nSPS) is 11.1. The van der Waals surface area contributed by atoms with Crippen LogP contribution >= 0.6 is 11.6 Å². The minimum Gasteiger partial charge on any atom is -0.438 e. The SMILES string of the molecule is Cc1ncc([N+](=O)[O-])n1CC(=O)N/N=C/c1cc2ccccc2nc1Oc1ccc(Cl)cc1. The lowest BCUT2D eigenvalue weighted by atomic mass is 10.1. The summed E-state index contributed by atoms with van der Waals surface area (Å²) in [6, 6.07) is 16.1. The van der Waals surface area contributed by atoms with Gasteiger partial charge in [0, 0.05) is 17.3 Å². The number of carbonyl (C=O) groups excluding carboxylic acids is 1. The number of carbonyl (C=O) groups is 1. The zero-order valence-electron chi connectivity index (χ0n) is 17.3. The molecule has 166 valence electrons. The average Bonchev–Trinajstić information content (AvgIpc) is 3.16. The second-order valence-corrected chi connectivity index (χ2v) is 7.37. The highest BCUT2D eigenvalue weighted by molar-refractivity contribution is 6.30. The van der Waals surface area contributed by atoms with Gasteiger partial charge in [-0.1, -0.05) is 29.8 Å². The number of aryl methyl sites for hydroxylation is 1. The number of hydrogen-bond acceptors (Lipinski definition) is 7. The largest absolute Gasteiger partial charge is 0.438 e. The highest BCUT2D eigenvalue weighted by atomic mass is 35.5. The number of pyridine rings is 1. The van der Waals surface area contributed by atoms with Gasteiger partial charge >= 0.3 is 5.82 Å². The minimum atomic E-state index is -0.600. The number of hydrogen-bond donors (Lipinski definition) is 1. The first-order chi connectivity index (χ1) is 15.9. The van der Waals surface area contributed by atoms with Crippen LogP contribution in [0.1, 0.15) is 11.4 Å². The van der Waals surface area contributed by atoms with Crippen molar-refractivity contribution in [2.75, 3.05) is 0 Å². The van der Waals surface area contributed by atoms with Crippen molar-refractivity contribution >= 4 is 40.4 Å². The van der Waals surface area contributed by atoms with Crippen LogP contribution in [0, 0.1) is 17.0 Å². The number of amides is 1. The smallest absolute Gasteiger partial charge is 0.343 e. The van der Waals surface area contributed by atoms with Crippen molar-refractivity contribution in [3.05, 3.63) is 87.3 Å². The summed E-state index contributed by atoms with van der Waals surface area (Å²) in [7, 11) is 0. The van der Waals surface area contributed by atoms with Gasteiger partial charge in [0.1, 0.15) is 11.9 Å². The van der Waals surface area contributed by atoms with Gasteiger partial charge in [0.2, 0.25) is 5.88 Å². The van der Waals surface area contributed by atoms with Crippen molar-refractivity contribution in [2.45, 2.75) is 13.5 Å². The average molecular weight is 465 g/mol. The number of rotatable bonds is 7. The number of nitro groups is 1. The quantitative estimate of drug-likeness (QED) is 0.248. The van der Waals surface area contributed by atoms with Crippen LogP contribution in [0.25, 0.3) is 10.9 Å². The second-order valence-electron chi connectivity index (χ2n) is 6.93. The molecule has 0 fully saturated rings. The van der Waals surface area contributed by atoms with E-state index in [9.17, 15) is 14.9 Å². The topological polar surface area (TPSA) is 125 Å². The molecule has 0 atom stereocenters. The van der Waals surface area contributed by atoms with Gasteiger partial charge in [0.05, 0.1) is 17.3 Å². The molecule has 0 saturated heterocycles. The van der Waals surface area contributed by atoms with E-state index in [0.29, 0.717) is 22.2 Å². The van der Waals surface area contributed by atoms with E-state index in [1.165, 1.54) is 10.8 Å². The summed E-state index contributed by atoms with van der Waals surface area (Å²) in [5.41, 5.74) is 3.62. The number of imidazole rings is 1. The summed E-state index contributed by atoms with van der Waals surface area (Å²) in [6.07, 6.45) is 2.50. The van der Waals surface area contributed by atoms with Crippen molar-refractivity contribution in [2.24, 2.45) is 5.10 Å². The van der Waals surface area contributed by atoms with Crippen molar-refractivity contribution in [3.8, 4) is 11.6 Å². The molecule has 0 aliphatic rings. The van der Waals surface area contributed by atoms with Gasteiger partial charge in [-0.2, -0.15) is 5.10 Å². The van der Waals surface area contributed by atoms with Gasteiger partial charge in [-0.05, 0) is 41.3 Å². The molecule has 33 heavy (non-hydrogen) atoms.